The Bertz CT molecular complexity index is 1640. The second-order valence-corrected chi connectivity index (χ2v) is 8.77. The first-order chi connectivity index (χ1) is 17.5. The maximum Gasteiger partial charge on any atom is 0.387 e. The molecule has 0 bridgehead atoms. The van der Waals surface area contributed by atoms with Crippen molar-refractivity contribution in [3.63, 3.8) is 0 Å². The molecule has 0 N–H and O–H groups in total. The number of pyridine rings is 1. The first-order valence-electron chi connectivity index (χ1n) is 11.6. The summed E-state index contributed by atoms with van der Waals surface area (Å²) >= 11 is 0. The number of anilines is 1. The van der Waals surface area contributed by atoms with Crippen LogP contribution in [0.15, 0.2) is 65.6 Å². The van der Waals surface area contributed by atoms with E-state index in [1.807, 2.05) is 37.5 Å². The molecule has 5 aromatic rings. The smallest absolute Gasteiger partial charge is 0.387 e. The van der Waals surface area contributed by atoms with Crippen molar-refractivity contribution in [3.8, 4) is 22.6 Å². The van der Waals surface area contributed by atoms with E-state index in [0.717, 1.165) is 42.7 Å². The Labute approximate surface area is 204 Å². The summed E-state index contributed by atoms with van der Waals surface area (Å²) in [7, 11) is 1.84. The van der Waals surface area contributed by atoms with Gasteiger partial charge in [0.25, 0.3) is 5.56 Å². The third kappa shape index (κ3) is 3.94. The van der Waals surface area contributed by atoms with Gasteiger partial charge in [0, 0.05) is 31.7 Å². The fourth-order valence-corrected chi connectivity index (χ4v) is 4.70. The summed E-state index contributed by atoms with van der Waals surface area (Å²) < 4.78 is 32.9. The highest BCUT2D eigenvalue weighted by Gasteiger charge is 2.20. The molecule has 1 aliphatic heterocycles. The molecule has 0 saturated carbocycles. The minimum atomic E-state index is -2.93. The van der Waals surface area contributed by atoms with Crippen molar-refractivity contribution in [1.29, 1.82) is 0 Å². The van der Waals surface area contributed by atoms with Crippen molar-refractivity contribution >= 4 is 27.8 Å². The summed E-state index contributed by atoms with van der Waals surface area (Å²) in [6, 6.07) is 15.3. The molecule has 0 aliphatic carbocycles. The lowest BCUT2D eigenvalue weighted by Gasteiger charge is -2.18. The van der Waals surface area contributed by atoms with E-state index in [1.165, 1.54) is 16.8 Å². The van der Waals surface area contributed by atoms with E-state index in [-0.39, 0.29) is 11.3 Å². The van der Waals surface area contributed by atoms with Gasteiger partial charge in [-0.15, -0.1) is 0 Å². The molecular weight excluding hydrogens is 466 g/mol. The van der Waals surface area contributed by atoms with Gasteiger partial charge in [-0.3, -0.25) is 9.48 Å². The topological polar surface area (TPSA) is 78.1 Å². The van der Waals surface area contributed by atoms with Crippen molar-refractivity contribution in [3.05, 3.63) is 71.1 Å². The summed E-state index contributed by atoms with van der Waals surface area (Å²) in [6.07, 6.45) is 4.06. The number of aryl methyl sites for hydroxylation is 1. The van der Waals surface area contributed by atoms with E-state index >= 15 is 0 Å². The van der Waals surface area contributed by atoms with Crippen LogP contribution in [0.1, 0.15) is 12.8 Å². The second kappa shape index (κ2) is 8.71. The largest absolute Gasteiger partial charge is 0.435 e. The molecule has 6 rings (SSSR count). The number of hydrogen-bond donors (Lipinski definition) is 0. The summed E-state index contributed by atoms with van der Waals surface area (Å²) in [4.78, 5) is 20.9. The van der Waals surface area contributed by atoms with Crippen LogP contribution in [0.25, 0.3) is 38.8 Å². The maximum atomic E-state index is 13.9. The third-order valence-electron chi connectivity index (χ3n) is 6.36. The van der Waals surface area contributed by atoms with E-state index in [2.05, 4.69) is 19.8 Å². The maximum absolute atomic E-state index is 13.9. The number of hydrogen-bond acceptors (Lipinski definition) is 6. The standard InChI is InChI=1S/C26H22F2N6O2/c1-32-15-17-14-18(6-9-20(17)30-32)34-25(35)23(16-4-7-19(8-5-16)36-26(27)28)24-21(31-34)10-11-22(29-24)33-12-2-3-13-33/h4-11,14-15,26H,2-3,12-13H2,1H3. The molecule has 1 saturated heterocycles. The number of benzene rings is 2. The predicted molar refractivity (Wildman–Crippen MR) is 133 cm³/mol. The van der Waals surface area contributed by atoms with Gasteiger partial charge in [-0.25, -0.2) is 4.98 Å². The fraction of sp³-hybridized carbons (Fsp3) is 0.231. The first kappa shape index (κ1) is 22.1. The zero-order chi connectivity index (χ0) is 24.8. The van der Waals surface area contributed by atoms with Gasteiger partial charge in [0.1, 0.15) is 22.6 Å². The van der Waals surface area contributed by atoms with Crippen LogP contribution in [0, 0.1) is 0 Å². The van der Waals surface area contributed by atoms with Gasteiger partial charge in [0.2, 0.25) is 0 Å². The van der Waals surface area contributed by atoms with Crippen LogP contribution in [0.2, 0.25) is 0 Å². The van der Waals surface area contributed by atoms with Gasteiger partial charge < -0.3 is 9.64 Å². The highest BCUT2D eigenvalue weighted by molar-refractivity contribution is 5.92. The summed E-state index contributed by atoms with van der Waals surface area (Å²) in [6.45, 7) is -1.12. The fourth-order valence-electron chi connectivity index (χ4n) is 4.70. The lowest BCUT2D eigenvalue weighted by atomic mass is 10.1. The third-order valence-corrected chi connectivity index (χ3v) is 6.36. The molecule has 182 valence electrons. The summed E-state index contributed by atoms with van der Waals surface area (Å²) in [5.41, 5.74) is 2.93. The molecule has 8 nitrogen and oxygen atoms in total. The average Bonchev–Trinajstić information content (AvgIpc) is 3.52. The Morgan fingerprint density at radius 3 is 2.44 bits per heavy atom. The Balaban J connectivity index is 1.56. The van der Waals surface area contributed by atoms with Gasteiger partial charge in [-0.05, 0) is 60.9 Å². The van der Waals surface area contributed by atoms with Crippen molar-refractivity contribution in [2.24, 2.45) is 7.05 Å². The van der Waals surface area contributed by atoms with Crippen LogP contribution in [-0.4, -0.2) is 44.2 Å². The van der Waals surface area contributed by atoms with Crippen LogP contribution in [0.4, 0.5) is 14.6 Å². The van der Waals surface area contributed by atoms with Gasteiger partial charge in [-0.2, -0.15) is 23.7 Å². The second-order valence-electron chi connectivity index (χ2n) is 8.77. The number of fused-ring (bicyclic) bond motifs is 2. The normalized spacial score (nSPS) is 13.8. The Morgan fingerprint density at radius 2 is 1.69 bits per heavy atom. The zero-order valence-electron chi connectivity index (χ0n) is 19.4. The van der Waals surface area contributed by atoms with E-state index in [1.54, 1.807) is 22.9 Å². The Kier molecular flexibility index (Phi) is 5.36. The van der Waals surface area contributed by atoms with Gasteiger partial charge in [0.05, 0.1) is 16.8 Å². The van der Waals surface area contributed by atoms with E-state index in [9.17, 15) is 13.6 Å². The molecule has 4 heterocycles. The van der Waals surface area contributed by atoms with Crippen LogP contribution in [-0.2, 0) is 7.05 Å². The van der Waals surface area contributed by atoms with Gasteiger partial charge in [-0.1, -0.05) is 12.1 Å². The number of rotatable bonds is 5. The van der Waals surface area contributed by atoms with Crippen LogP contribution < -0.4 is 15.2 Å². The molecule has 0 atom stereocenters. The number of ether oxygens (including phenoxy) is 1. The Hall–Kier alpha value is -4.34. The quantitative estimate of drug-likeness (QED) is 0.362. The molecule has 2 aromatic carbocycles. The molecule has 36 heavy (non-hydrogen) atoms. The zero-order valence-corrected chi connectivity index (χ0v) is 19.4. The molecular formula is C26H22F2N6O2. The summed E-state index contributed by atoms with van der Waals surface area (Å²) in [5, 5.41) is 9.91. The Morgan fingerprint density at radius 1 is 0.944 bits per heavy atom. The van der Waals surface area contributed by atoms with Crippen LogP contribution >= 0.6 is 0 Å². The van der Waals surface area contributed by atoms with Gasteiger partial charge >= 0.3 is 6.61 Å². The number of nitrogens with zero attached hydrogens (tertiary/aromatic N) is 6. The molecule has 1 aliphatic rings. The molecule has 1 fully saturated rings. The molecule has 0 unspecified atom stereocenters. The van der Waals surface area contributed by atoms with Crippen molar-refractivity contribution < 1.29 is 13.5 Å². The van der Waals surface area contributed by atoms with E-state index < -0.39 is 6.61 Å². The highest BCUT2D eigenvalue weighted by Crippen LogP contribution is 2.29. The number of halogens is 2. The van der Waals surface area contributed by atoms with Gasteiger partial charge in [0.15, 0.2) is 0 Å². The summed E-state index contributed by atoms with van der Waals surface area (Å²) in [5.74, 6) is 0.801. The monoisotopic (exact) mass is 488 g/mol. The average molecular weight is 488 g/mol. The van der Waals surface area contributed by atoms with E-state index in [0.29, 0.717) is 27.8 Å². The molecule has 0 amide bonds. The van der Waals surface area contributed by atoms with Crippen molar-refractivity contribution in [2.75, 3.05) is 18.0 Å². The highest BCUT2D eigenvalue weighted by atomic mass is 19.3. The molecule has 10 heteroatoms. The SMILES string of the molecule is Cn1cc2cc(-n3nc4ccc(N5CCCC5)nc4c(-c4ccc(OC(F)F)cc4)c3=O)ccc2n1. The minimum Gasteiger partial charge on any atom is -0.435 e. The first-order valence-corrected chi connectivity index (χ1v) is 11.6. The molecule has 0 radical (unpaired) electrons. The van der Waals surface area contributed by atoms with Crippen LogP contribution in [0.3, 0.4) is 0 Å². The lowest BCUT2D eigenvalue weighted by Crippen LogP contribution is -2.24. The molecule has 3 aromatic heterocycles. The van der Waals surface area contributed by atoms with Crippen molar-refractivity contribution in [1.82, 2.24) is 24.5 Å². The number of aromatic nitrogens is 5. The minimum absolute atomic E-state index is 0.0141. The van der Waals surface area contributed by atoms with Crippen molar-refractivity contribution in [2.45, 2.75) is 19.5 Å². The van der Waals surface area contributed by atoms with E-state index in [4.69, 9.17) is 4.98 Å². The van der Waals surface area contributed by atoms with Crippen LogP contribution in [0.5, 0.6) is 5.75 Å². The lowest BCUT2D eigenvalue weighted by molar-refractivity contribution is -0.0498. The molecule has 0 spiro atoms. The predicted octanol–water partition coefficient (Wildman–Crippen LogP) is 4.54. The number of alkyl halides is 2.